The Labute approximate surface area is 51.8 Å². The highest BCUT2D eigenvalue weighted by molar-refractivity contribution is 5.72. The maximum atomic E-state index is 4.03. The fraction of sp³-hybridized carbons (Fsp3) is 0. The third-order valence-corrected chi connectivity index (χ3v) is 1.26. The largest absolute Gasteiger partial charge is 0.325 e. The fourth-order valence-corrected chi connectivity index (χ4v) is 0.830. The van der Waals surface area contributed by atoms with E-state index in [1.165, 1.54) is 0 Å². The first-order valence-corrected chi connectivity index (χ1v) is 2.76. The highest BCUT2D eigenvalue weighted by Crippen LogP contribution is 2.02. The van der Waals surface area contributed by atoms with E-state index in [0.29, 0.717) is 0 Å². The van der Waals surface area contributed by atoms with Crippen molar-refractivity contribution in [3.63, 3.8) is 0 Å². The molecule has 0 saturated heterocycles. The number of aromatic amines is 2. The van der Waals surface area contributed by atoms with Crippen molar-refractivity contribution in [3.05, 3.63) is 24.8 Å². The highest BCUT2D eigenvalue weighted by Gasteiger charge is 1.96. The van der Waals surface area contributed by atoms with Crippen LogP contribution in [0.5, 0.6) is 0 Å². The minimum atomic E-state index is 0.925. The van der Waals surface area contributed by atoms with Gasteiger partial charge in [0.15, 0.2) is 0 Å². The summed E-state index contributed by atoms with van der Waals surface area (Å²) in [6.45, 7) is 0. The van der Waals surface area contributed by atoms with E-state index in [9.17, 15) is 0 Å². The molecule has 3 heteroatoms. The summed E-state index contributed by atoms with van der Waals surface area (Å²) >= 11 is 0. The summed E-state index contributed by atoms with van der Waals surface area (Å²) in [4.78, 5) is 9.91. The Balaban J connectivity index is 2.95. The van der Waals surface area contributed by atoms with Gasteiger partial charge in [0.05, 0.1) is 5.39 Å². The Morgan fingerprint density at radius 3 is 3.44 bits per heavy atom. The SMILES string of the molecule is c1cc2c[nH+]cnc2[nH]1. The molecule has 2 rings (SSSR count). The first-order valence-electron chi connectivity index (χ1n) is 2.76. The predicted molar refractivity (Wildman–Crippen MR) is 32.6 cm³/mol. The number of nitrogens with one attached hydrogen (secondary N) is 2. The van der Waals surface area contributed by atoms with Gasteiger partial charge < -0.3 is 4.98 Å². The summed E-state index contributed by atoms with van der Waals surface area (Å²) in [5.74, 6) is 0. The minimum Gasteiger partial charge on any atom is -0.325 e. The van der Waals surface area contributed by atoms with E-state index in [0.717, 1.165) is 11.0 Å². The van der Waals surface area contributed by atoms with E-state index in [2.05, 4.69) is 15.0 Å². The molecule has 0 bridgehead atoms. The maximum Gasteiger partial charge on any atom is 0.286 e. The summed E-state index contributed by atoms with van der Waals surface area (Å²) in [6, 6.07) is 1.97. The number of fused-ring (bicyclic) bond motifs is 1. The third kappa shape index (κ3) is 0.579. The van der Waals surface area contributed by atoms with Gasteiger partial charge in [-0.25, -0.2) is 4.98 Å². The van der Waals surface area contributed by atoms with Crippen LogP contribution in [0.25, 0.3) is 11.0 Å². The van der Waals surface area contributed by atoms with Crippen LogP contribution in [0.4, 0.5) is 0 Å². The summed E-state index contributed by atoms with van der Waals surface area (Å²) in [5.41, 5.74) is 0.925. The van der Waals surface area contributed by atoms with Crippen LogP contribution in [0.15, 0.2) is 24.8 Å². The molecule has 0 aliphatic heterocycles. The molecule has 0 fully saturated rings. The van der Waals surface area contributed by atoms with Gasteiger partial charge >= 0.3 is 0 Å². The van der Waals surface area contributed by atoms with Crippen molar-refractivity contribution in [1.29, 1.82) is 0 Å². The van der Waals surface area contributed by atoms with Gasteiger partial charge in [0.1, 0.15) is 6.20 Å². The molecule has 0 unspecified atom stereocenters. The molecule has 44 valence electrons. The number of hydrogen-bond acceptors (Lipinski definition) is 1. The Hall–Kier alpha value is -1.38. The zero-order valence-electron chi connectivity index (χ0n) is 4.76. The van der Waals surface area contributed by atoms with Crippen molar-refractivity contribution in [3.8, 4) is 0 Å². The molecule has 3 nitrogen and oxygen atoms in total. The van der Waals surface area contributed by atoms with Crippen LogP contribution >= 0.6 is 0 Å². The third-order valence-electron chi connectivity index (χ3n) is 1.26. The molecular weight excluding hydrogens is 114 g/mol. The Morgan fingerprint density at radius 1 is 1.56 bits per heavy atom. The standard InChI is InChI=1S/C6H5N3/c1-2-8-6-5(1)3-7-4-9-6/h1-4H,(H,7,8,9)/p+1. The van der Waals surface area contributed by atoms with Crippen LogP contribution in [0.1, 0.15) is 0 Å². The topological polar surface area (TPSA) is 42.8 Å². The molecule has 2 N–H and O–H groups in total. The number of H-pyrrole nitrogens is 2. The second-order valence-electron chi connectivity index (χ2n) is 1.85. The van der Waals surface area contributed by atoms with Gasteiger partial charge in [0.2, 0.25) is 0 Å². The van der Waals surface area contributed by atoms with Crippen molar-refractivity contribution in [2.45, 2.75) is 0 Å². The lowest BCUT2D eigenvalue weighted by Crippen LogP contribution is -1.99. The molecule has 2 aromatic heterocycles. The van der Waals surface area contributed by atoms with Crippen molar-refractivity contribution >= 4 is 11.0 Å². The monoisotopic (exact) mass is 120 g/mol. The minimum absolute atomic E-state index is 0.925. The lowest BCUT2D eigenvalue weighted by atomic mass is 10.4. The van der Waals surface area contributed by atoms with E-state index >= 15 is 0 Å². The predicted octanol–water partition coefficient (Wildman–Crippen LogP) is 0.377. The van der Waals surface area contributed by atoms with Gasteiger partial charge in [-0.3, -0.25) is 0 Å². The zero-order chi connectivity index (χ0) is 6.10. The summed E-state index contributed by atoms with van der Waals surface area (Å²) < 4.78 is 0. The van der Waals surface area contributed by atoms with Crippen LogP contribution in [0, 0.1) is 0 Å². The molecule has 0 saturated carbocycles. The highest BCUT2D eigenvalue weighted by atomic mass is 14.9. The Morgan fingerprint density at radius 2 is 2.56 bits per heavy atom. The van der Waals surface area contributed by atoms with Gasteiger partial charge in [-0.2, -0.15) is 0 Å². The first-order chi connectivity index (χ1) is 4.47. The van der Waals surface area contributed by atoms with Crippen molar-refractivity contribution in [1.82, 2.24) is 9.97 Å². The maximum absolute atomic E-state index is 4.03. The van der Waals surface area contributed by atoms with Crippen LogP contribution in [0.3, 0.4) is 0 Å². The molecule has 0 atom stereocenters. The van der Waals surface area contributed by atoms with Crippen molar-refractivity contribution < 1.29 is 4.98 Å². The van der Waals surface area contributed by atoms with Crippen LogP contribution in [-0.4, -0.2) is 9.97 Å². The van der Waals surface area contributed by atoms with Crippen LogP contribution < -0.4 is 4.98 Å². The summed E-state index contributed by atoms with van der Waals surface area (Å²) in [7, 11) is 0. The van der Waals surface area contributed by atoms with E-state index in [1.54, 1.807) is 6.33 Å². The lowest BCUT2D eigenvalue weighted by Gasteiger charge is -1.73. The van der Waals surface area contributed by atoms with Crippen molar-refractivity contribution in [2.24, 2.45) is 0 Å². The number of nitrogens with zero attached hydrogens (tertiary/aromatic N) is 1. The molecule has 2 heterocycles. The fourth-order valence-electron chi connectivity index (χ4n) is 0.830. The average Bonchev–Trinajstić information content (AvgIpc) is 2.33. The second-order valence-corrected chi connectivity index (χ2v) is 1.85. The van der Waals surface area contributed by atoms with E-state index in [-0.39, 0.29) is 0 Å². The van der Waals surface area contributed by atoms with Crippen LogP contribution in [-0.2, 0) is 0 Å². The van der Waals surface area contributed by atoms with Gasteiger partial charge in [0, 0.05) is 6.20 Å². The van der Waals surface area contributed by atoms with Gasteiger partial charge in [-0.15, -0.1) is 0 Å². The van der Waals surface area contributed by atoms with Crippen molar-refractivity contribution in [2.75, 3.05) is 0 Å². The Bertz CT molecular complexity index is 282. The molecular formula is C6H6N3+. The quantitative estimate of drug-likeness (QED) is 0.536. The van der Waals surface area contributed by atoms with Gasteiger partial charge in [-0.05, 0) is 11.1 Å². The lowest BCUT2D eigenvalue weighted by molar-refractivity contribution is -0.380. The number of rotatable bonds is 0. The smallest absolute Gasteiger partial charge is 0.286 e. The van der Waals surface area contributed by atoms with E-state index in [4.69, 9.17) is 0 Å². The molecule has 0 aliphatic carbocycles. The van der Waals surface area contributed by atoms with Gasteiger partial charge in [-0.1, -0.05) is 0 Å². The average molecular weight is 120 g/mol. The molecule has 0 amide bonds. The van der Waals surface area contributed by atoms with E-state index in [1.807, 2.05) is 18.5 Å². The zero-order valence-corrected chi connectivity index (χ0v) is 4.76. The molecule has 0 aliphatic rings. The molecule has 9 heavy (non-hydrogen) atoms. The van der Waals surface area contributed by atoms with Gasteiger partial charge in [0.25, 0.3) is 12.0 Å². The second kappa shape index (κ2) is 1.55. The molecule has 0 aromatic carbocycles. The normalized spacial score (nSPS) is 10.2. The number of hydrogen-bond donors (Lipinski definition) is 1. The first kappa shape index (κ1) is 4.49. The summed E-state index contributed by atoms with van der Waals surface area (Å²) in [5, 5.41) is 1.11. The van der Waals surface area contributed by atoms with E-state index < -0.39 is 0 Å². The molecule has 0 spiro atoms. The number of aromatic nitrogens is 3. The molecule has 0 radical (unpaired) electrons. The Kier molecular flexibility index (Phi) is 0.773. The van der Waals surface area contributed by atoms with Crippen LogP contribution in [0.2, 0.25) is 0 Å². The molecule has 2 aromatic rings. The summed E-state index contributed by atoms with van der Waals surface area (Å²) in [6.07, 6.45) is 5.42.